The van der Waals surface area contributed by atoms with Gasteiger partial charge in [-0.25, -0.2) is 0 Å². The average molecular weight is 295 g/mol. The molecular formula is C16H25NO4. The Morgan fingerprint density at radius 1 is 1.43 bits per heavy atom. The SMILES string of the molecule is COc1cccc(COCC(O)CN2CCCC(O)C2)c1. The Hall–Kier alpha value is -1.14. The van der Waals surface area contributed by atoms with Crippen molar-refractivity contribution in [3.63, 3.8) is 0 Å². The molecule has 1 saturated heterocycles. The molecule has 0 aromatic heterocycles. The van der Waals surface area contributed by atoms with Crippen molar-refractivity contribution in [3.05, 3.63) is 29.8 Å². The van der Waals surface area contributed by atoms with E-state index in [1.807, 2.05) is 24.3 Å². The van der Waals surface area contributed by atoms with Crippen LogP contribution in [0.25, 0.3) is 0 Å². The number of likely N-dealkylation sites (tertiary alicyclic amines) is 1. The molecule has 1 aliphatic heterocycles. The van der Waals surface area contributed by atoms with Gasteiger partial charge in [0.2, 0.25) is 0 Å². The maximum Gasteiger partial charge on any atom is 0.119 e. The van der Waals surface area contributed by atoms with Crippen LogP contribution in [0.4, 0.5) is 0 Å². The molecule has 5 nitrogen and oxygen atoms in total. The van der Waals surface area contributed by atoms with Crippen LogP contribution < -0.4 is 4.74 Å². The van der Waals surface area contributed by atoms with Gasteiger partial charge in [-0.2, -0.15) is 0 Å². The van der Waals surface area contributed by atoms with Gasteiger partial charge in [0.05, 0.1) is 32.5 Å². The zero-order chi connectivity index (χ0) is 15.1. The molecule has 0 saturated carbocycles. The van der Waals surface area contributed by atoms with Crippen molar-refractivity contribution < 1.29 is 19.7 Å². The summed E-state index contributed by atoms with van der Waals surface area (Å²) in [5, 5.41) is 19.6. The molecule has 1 aliphatic rings. The summed E-state index contributed by atoms with van der Waals surface area (Å²) in [5.41, 5.74) is 1.02. The van der Waals surface area contributed by atoms with Crippen molar-refractivity contribution in [1.82, 2.24) is 4.90 Å². The highest BCUT2D eigenvalue weighted by Crippen LogP contribution is 2.14. The minimum Gasteiger partial charge on any atom is -0.497 e. The number of piperidine rings is 1. The number of hydrogen-bond donors (Lipinski definition) is 2. The van der Waals surface area contributed by atoms with E-state index in [4.69, 9.17) is 9.47 Å². The van der Waals surface area contributed by atoms with Crippen molar-refractivity contribution in [2.24, 2.45) is 0 Å². The van der Waals surface area contributed by atoms with Gasteiger partial charge < -0.3 is 19.7 Å². The van der Waals surface area contributed by atoms with Gasteiger partial charge in [-0.3, -0.25) is 4.90 Å². The van der Waals surface area contributed by atoms with Gasteiger partial charge in [-0.05, 0) is 37.1 Å². The van der Waals surface area contributed by atoms with Crippen molar-refractivity contribution in [3.8, 4) is 5.75 Å². The largest absolute Gasteiger partial charge is 0.497 e. The van der Waals surface area contributed by atoms with Gasteiger partial charge >= 0.3 is 0 Å². The molecule has 0 amide bonds. The van der Waals surface area contributed by atoms with Crippen LogP contribution in [0.5, 0.6) is 5.75 Å². The minimum absolute atomic E-state index is 0.261. The van der Waals surface area contributed by atoms with E-state index >= 15 is 0 Å². The van der Waals surface area contributed by atoms with Crippen LogP contribution in [0.15, 0.2) is 24.3 Å². The van der Waals surface area contributed by atoms with Crippen LogP contribution in [-0.4, -0.2) is 60.7 Å². The highest BCUT2D eigenvalue weighted by atomic mass is 16.5. The number of rotatable bonds is 7. The maximum absolute atomic E-state index is 9.99. The molecule has 0 bridgehead atoms. The number of nitrogens with zero attached hydrogens (tertiary/aromatic N) is 1. The fourth-order valence-corrected chi connectivity index (χ4v) is 2.62. The van der Waals surface area contributed by atoms with Gasteiger partial charge in [0, 0.05) is 13.1 Å². The quantitative estimate of drug-likeness (QED) is 0.787. The Balaban J connectivity index is 1.67. The molecule has 118 valence electrons. The highest BCUT2D eigenvalue weighted by molar-refractivity contribution is 5.27. The summed E-state index contributed by atoms with van der Waals surface area (Å²) >= 11 is 0. The summed E-state index contributed by atoms with van der Waals surface area (Å²) < 4.78 is 10.7. The molecule has 1 aromatic rings. The molecule has 2 rings (SSSR count). The van der Waals surface area contributed by atoms with E-state index < -0.39 is 6.10 Å². The van der Waals surface area contributed by atoms with Gasteiger partial charge in [-0.15, -0.1) is 0 Å². The van der Waals surface area contributed by atoms with Crippen LogP contribution in [-0.2, 0) is 11.3 Å². The number of aliphatic hydroxyl groups excluding tert-OH is 2. The van der Waals surface area contributed by atoms with Crippen molar-refractivity contribution in [1.29, 1.82) is 0 Å². The topological polar surface area (TPSA) is 62.2 Å². The van der Waals surface area contributed by atoms with Crippen molar-refractivity contribution in [2.75, 3.05) is 33.4 Å². The first-order valence-corrected chi connectivity index (χ1v) is 7.46. The Morgan fingerprint density at radius 2 is 2.29 bits per heavy atom. The number of benzene rings is 1. The van der Waals surface area contributed by atoms with Gasteiger partial charge in [0.25, 0.3) is 0 Å². The Labute approximate surface area is 126 Å². The first kappa shape index (κ1) is 16.2. The molecule has 0 aliphatic carbocycles. The third-order valence-electron chi connectivity index (χ3n) is 3.66. The Bertz CT molecular complexity index is 426. The number of aliphatic hydroxyl groups is 2. The lowest BCUT2D eigenvalue weighted by molar-refractivity contribution is -0.00736. The van der Waals surface area contributed by atoms with E-state index in [0.717, 1.165) is 30.7 Å². The first-order valence-electron chi connectivity index (χ1n) is 7.46. The second-order valence-corrected chi connectivity index (χ2v) is 5.58. The molecule has 1 fully saturated rings. The molecule has 1 heterocycles. The second-order valence-electron chi connectivity index (χ2n) is 5.58. The summed E-state index contributed by atoms with van der Waals surface area (Å²) in [5.74, 6) is 0.805. The number of methoxy groups -OCH3 is 1. The van der Waals surface area contributed by atoms with Crippen LogP contribution in [0.1, 0.15) is 18.4 Å². The molecule has 2 unspecified atom stereocenters. The van der Waals surface area contributed by atoms with Crippen LogP contribution >= 0.6 is 0 Å². The first-order chi connectivity index (χ1) is 10.2. The molecule has 0 radical (unpaired) electrons. The van der Waals surface area contributed by atoms with E-state index in [0.29, 0.717) is 26.3 Å². The smallest absolute Gasteiger partial charge is 0.119 e. The normalized spacial score (nSPS) is 21.2. The summed E-state index contributed by atoms with van der Waals surface area (Å²) in [7, 11) is 1.64. The van der Waals surface area contributed by atoms with Crippen molar-refractivity contribution in [2.45, 2.75) is 31.7 Å². The summed E-state index contributed by atoms with van der Waals surface area (Å²) in [6.45, 7) is 2.88. The third-order valence-corrected chi connectivity index (χ3v) is 3.66. The van der Waals surface area contributed by atoms with E-state index in [9.17, 15) is 10.2 Å². The Kier molecular flexibility index (Phi) is 6.45. The standard InChI is InChI=1S/C16H25NO4/c1-20-16-6-2-4-13(8-16)11-21-12-15(19)10-17-7-3-5-14(18)9-17/h2,4,6,8,14-15,18-19H,3,5,7,9-12H2,1H3. The lowest BCUT2D eigenvalue weighted by Crippen LogP contribution is -2.43. The fourth-order valence-electron chi connectivity index (χ4n) is 2.62. The molecule has 1 aromatic carbocycles. The average Bonchev–Trinajstić information content (AvgIpc) is 2.47. The minimum atomic E-state index is -0.527. The lowest BCUT2D eigenvalue weighted by atomic mass is 10.1. The molecule has 2 N–H and O–H groups in total. The summed E-state index contributed by atoms with van der Waals surface area (Å²) in [4.78, 5) is 2.09. The summed E-state index contributed by atoms with van der Waals surface area (Å²) in [6, 6.07) is 7.70. The number of hydrogen-bond acceptors (Lipinski definition) is 5. The van der Waals surface area contributed by atoms with Gasteiger partial charge in [-0.1, -0.05) is 12.1 Å². The second kappa shape index (κ2) is 8.34. The molecule has 5 heteroatoms. The lowest BCUT2D eigenvalue weighted by Gasteiger charge is -2.31. The van der Waals surface area contributed by atoms with E-state index in [-0.39, 0.29) is 6.10 Å². The van der Waals surface area contributed by atoms with Gasteiger partial charge in [0.15, 0.2) is 0 Å². The van der Waals surface area contributed by atoms with E-state index in [2.05, 4.69) is 4.90 Å². The zero-order valence-corrected chi connectivity index (χ0v) is 12.6. The van der Waals surface area contributed by atoms with Crippen LogP contribution in [0.3, 0.4) is 0 Å². The number of ether oxygens (including phenoxy) is 2. The molecule has 21 heavy (non-hydrogen) atoms. The molecular weight excluding hydrogens is 270 g/mol. The molecule has 2 atom stereocenters. The van der Waals surface area contributed by atoms with E-state index in [1.54, 1.807) is 7.11 Å². The molecule has 0 spiro atoms. The van der Waals surface area contributed by atoms with Crippen LogP contribution in [0, 0.1) is 0 Å². The van der Waals surface area contributed by atoms with Gasteiger partial charge in [0.1, 0.15) is 5.75 Å². The zero-order valence-electron chi connectivity index (χ0n) is 12.6. The fraction of sp³-hybridized carbons (Fsp3) is 0.625. The predicted octanol–water partition coefficient (Wildman–Crippen LogP) is 1.03. The van der Waals surface area contributed by atoms with Crippen molar-refractivity contribution >= 4 is 0 Å². The number of β-amino-alcohol motifs (C(OH)–C–C–N with tert-alkyl or cyclic N) is 2. The summed E-state index contributed by atoms with van der Waals surface area (Å²) in [6.07, 6.45) is 1.06. The predicted molar refractivity (Wildman–Crippen MR) is 80.3 cm³/mol. The monoisotopic (exact) mass is 295 g/mol. The highest BCUT2D eigenvalue weighted by Gasteiger charge is 2.19. The maximum atomic E-state index is 9.99. The van der Waals surface area contributed by atoms with E-state index in [1.165, 1.54) is 0 Å². The Morgan fingerprint density at radius 3 is 3.05 bits per heavy atom. The van der Waals surface area contributed by atoms with Crippen LogP contribution in [0.2, 0.25) is 0 Å². The third kappa shape index (κ3) is 5.63.